The highest BCUT2D eigenvalue weighted by Gasteiger charge is 2.28. The lowest BCUT2D eigenvalue weighted by Crippen LogP contribution is -2.33. The van der Waals surface area contributed by atoms with Crippen LogP contribution in [0.1, 0.15) is 32.9 Å². The van der Waals surface area contributed by atoms with E-state index in [0.717, 1.165) is 32.7 Å². The number of halogens is 1. The van der Waals surface area contributed by atoms with Gasteiger partial charge in [0.1, 0.15) is 5.75 Å². The Labute approximate surface area is 265 Å². The van der Waals surface area contributed by atoms with Gasteiger partial charge in [0.15, 0.2) is 0 Å². The molecule has 0 radical (unpaired) electrons. The summed E-state index contributed by atoms with van der Waals surface area (Å²) in [5.74, 6) is -0.00428. The Hall–Kier alpha value is -4.67. The maximum Gasteiger partial charge on any atom is 0.273 e. The third-order valence-electron chi connectivity index (χ3n) is 7.16. The van der Waals surface area contributed by atoms with E-state index in [-0.39, 0.29) is 22.7 Å². The molecule has 5 rings (SSSR count). The van der Waals surface area contributed by atoms with Gasteiger partial charge in [-0.3, -0.25) is 9.10 Å². The lowest BCUT2D eigenvalue weighted by molar-refractivity contribution is 0.0955. The monoisotopic (exact) mass is 670 g/mol. The molecule has 0 aliphatic heterocycles. The number of hydrazone groups is 1. The van der Waals surface area contributed by atoms with Gasteiger partial charge in [-0.1, -0.05) is 58.4 Å². The number of para-hydroxylation sites is 1. The molecule has 4 aromatic carbocycles. The summed E-state index contributed by atoms with van der Waals surface area (Å²) in [6.45, 7) is 4.01. The van der Waals surface area contributed by atoms with E-state index in [0.29, 0.717) is 5.75 Å². The first-order valence-electron chi connectivity index (χ1n) is 13.8. The fourth-order valence-electron chi connectivity index (χ4n) is 4.93. The molecule has 0 aliphatic rings. The Balaban J connectivity index is 1.45. The van der Waals surface area contributed by atoms with Crippen LogP contribution in [0.15, 0.2) is 124 Å². The molecule has 1 heterocycles. The minimum Gasteiger partial charge on any atom is -0.497 e. The topological polar surface area (TPSA) is 93.0 Å². The van der Waals surface area contributed by atoms with E-state index in [2.05, 4.69) is 31.0 Å². The Morgan fingerprint density at radius 3 is 2.27 bits per heavy atom. The molecule has 0 bridgehead atoms. The van der Waals surface area contributed by atoms with Crippen molar-refractivity contribution in [2.45, 2.75) is 25.3 Å². The van der Waals surface area contributed by atoms with Gasteiger partial charge < -0.3 is 9.30 Å². The first-order chi connectivity index (χ1) is 21.2. The number of nitrogens with zero attached hydrogens (tertiary/aromatic N) is 3. The third kappa shape index (κ3) is 6.61. The van der Waals surface area contributed by atoms with E-state index in [9.17, 15) is 13.2 Å². The molecule has 0 saturated heterocycles. The SMILES string of the molecule is COc1ccc(S(=O)(=O)N(Cc2ccccc2)c2ccccc2C(=O)N/N=C/c2cc(C)n(-c3ccc(Br)cc3)c2C)cc1. The van der Waals surface area contributed by atoms with Crippen molar-refractivity contribution in [3.05, 3.63) is 142 Å². The molecule has 1 aromatic heterocycles. The zero-order valence-electron chi connectivity index (χ0n) is 24.4. The molecule has 0 fully saturated rings. The smallest absolute Gasteiger partial charge is 0.273 e. The second-order valence-electron chi connectivity index (χ2n) is 10.0. The number of aromatic nitrogens is 1. The lowest BCUT2D eigenvalue weighted by atomic mass is 10.1. The van der Waals surface area contributed by atoms with E-state index in [1.165, 1.54) is 23.5 Å². The van der Waals surface area contributed by atoms with Crippen LogP contribution in [0.4, 0.5) is 5.69 Å². The zero-order chi connectivity index (χ0) is 31.3. The number of nitrogens with one attached hydrogen (secondary N) is 1. The summed E-state index contributed by atoms with van der Waals surface area (Å²) in [6, 6.07) is 32.0. The quantitative estimate of drug-likeness (QED) is 0.128. The van der Waals surface area contributed by atoms with Crippen LogP contribution < -0.4 is 14.5 Å². The molecule has 0 unspecified atom stereocenters. The van der Waals surface area contributed by atoms with Gasteiger partial charge in [-0.25, -0.2) is 13.8 Å². The normalized spacial score (nSPS) is 11.5. The lowest BCUT2D eigenvalue weighted by Gasteiger charge is -2.26. The summed E-state index contributed by atoms with van der Waals surface area (Å²) in [4.78, 5) is 13.6. The molecule has 224 valence electrons. The molecule has 44 heavy (non-hydrogen) atoms. The number of sulfonamides is 1. The second-order valence-corrected chi connectivity index (χ2v) is 12.8. The van der Waals surface area contributed by atoms with E-state index in [4.69, 9.17) is 4.74 Å². The fraction of sp³-hybridized carbons (Fsp3) is 0.118. The summed E-state index contributed by atoms with van der Waals surface area (Å²) in [5, 5.41) is 4.24. The van der Waals surface area contributed by atoms with Crippen LogP contribution in [-0.2, 0) is 16.6 Å². The molecule has 0 aliphatic carbocycles. The summed E-state index contributed by atoms with van der Waals surface area (Å²) in [5.41, 5.74) is 7.58. The number of ether oxygens (including phenoxy) is 1. The van der Waals surface area contributed by atoms with Crippen molar-refractivity contribution >= 4 is 43.8 Å². The minimum absolute atomic E-state index is 0.0187. The predicted octanol–water partition coefficient (Wildman–Crippen LogP) is 7.02. The van der Waals surface area contributed by atoms with E-state index in [1.54, 1.807) is 42.6 Å². The molecule has 1 N–H and O–H groups in total. The van der Waals surface area contributed by atoms with Crippen molar-refractivity contribution in [1.29, 1.82) is 0 Å². The first-order valence-corrected chi connectivity index (χ1v) is 16.0. The van der Waals surface area contributed by atoms with Crippen LogP contribution in [0, 0.1) is 13.8 Å². The van der Waals surface area contributed by atoms with Gasteiger partial charge in [-0.15, -0.1) is 0 Å². The number of aryl methyl sites for hydroxylation is 1. The van der Waals surface area contributed by atoms with Gasteiger partial charge in [0, 0.05) is 27.1 Å². The van der Waals surface area contributed by atoms with Gasteiger partial charge in [0.25, 0.3) is 15.9 Å². The number of methoxy groups -OCH3 is 1. The Bertz CT molecular complexity index is 1900. The highest BCUT2D eigenvalue weighted by Crippen LogP contribution is 2.30. The molecule has 10 heteroatoms. The van der Waals surface area contributed by atoms with Gasteiger partial charge in [0.2, 0.25) is 0 Å². The number of carbonyl (C=O) groups excluding carboxylic acids is 1. The number of hydrogen-bond donors (Lipinski definition) is 1. The number of rotatable bonds is 10. The van der Waals surface area contributed by atoms with Gasteiger partial charge in [-0.05, 0) is 86.1 Å². The van der Waals surface area contributed by atoms with Gasteiger partial charge in [0.05, 0.1) is 36.0 Å². The molecule has 8 nitrogen and oxygen atoms in total. The molecule has 0 saturated carbocycles. The summed E-state index contributed by atoms with van der Waals surface area (Å²) < 4.78 is 37.6. The van der Waals surface area contributed by atoms with E-state index >= 15 is 0 Å². The summed E-state index contributed by atoms with van der Waals surface area (Å²) in [7, 11) is -2.56. The largest absolute Gasteiger partial charge is 0.497 e. The maximum absolute atomic E-state index is 14.0. The first kappa shape index (κ1) is 30.8. The van der Waals surface area contributed by atoms with Crippen molar-refractivity contribution in [3.8, 4) is 11.4 Å². The molecule has 1 amide bonds. The second kappa shape index (κ2) is 13.3. The van der Waals surface area contributed by atoms with Crippen LogP contribution in [0.25, 0.3) is 5.69 Å². The van der Waals surface area contributed by atoms with Crippen LogP contribution in [-0.4, -0.2) is 32.2 Å². The number of anilines is 1. The highest BCUT2D eigenvalue weighted by molar-refractivity contribution is 9.10. The zero-order valence-corrected chi connectivity index (χ0v) is 26.8. The predicted molar refractivity (Wildman–Crippen MR) is 177 cm³/mol. The summed E-state index contributed by atoms with van der Waals surface area (Å²) in [6.07, 6.45) is 1.59. The molecule has 0 spiro atoms. The highest BCUT2D eigenvalue weighted by atomic mass is 79.9. The van der Waals surface area contributed by atoms with Crippen molar-refractivity contribution in [3.63, 3.8) is 0 Å². The molecule has 5 aromatic rings. The third-order valence-corrected chi connectivity index (χ3v) is 9.46. The Morgan fingerprint density at radius 1 is 0.932 bits per heavy atom. The minimum atomic E-state index is -4.08. The number of carbonyl (C=O) groups is 1. The maximum atomic E-state index is 14.0. The van der Waals surface area contributed by atoms with Crippen molar-refractivity contribution in [1.82, 2.24) is 9.99 Å². The number of hydrogen-bond acceptors (Lipinski definition) is 5. The van der Waals surface area contributed by atoms with Crippen LogP contribution >= 0.6 is 15.9 Å². The van der Waals surface area contributed by atoms with Crippen LogP contribution in [0.2, 0.25) is 0 Å². The number of amides is 1. The van der Waals surface area contributed by atoms with Crippen molar-refractivity contribution in [2.24, 2.45) is 5.10 Å². The van der Waals surface area contributed by atoms with Gasteiger partial charge >= 0.3 is 0 Å². The van der Waals surface area contributed by atoms with Gasteiger partial charge in [-0.2, -0.15) is 5.10 Å². The van der Waals surface area contributed by atoms with Crippen LogP contribution in [0.3, 0.4) is 0 Å². The molecular weight excluding hydrogens is 640 g/mol. The van der Waals surface area contributed by atoms with E-state index < -0.39 is 15.9 Å². The Kier molecular flexibility index (Phi) is 9.32. The summed E-state index contributed by atoms with van der Waals surface area (Å²) >= 11 is 3.47. The fourth-order valence-corrected chi connectivity index (χ4v) is 6.67. The van der Waals surface area contributed by atoms with E-state index in [1.807, 2.05) is 74.5 Å². The van der Waals surface area contributed by atoms with Crippen molar-refractivity contribution in [2.75, 3.05) is 11.4 Å². The standard InChI is InChI=1S/C34H31BrN4O4S/c1-24-21-27(25(2)39(24)29-15-13-28(35)14-16-29)22-36-37-34(40)32-11-7-8-12-33(32)38(23-26-9-5-4-6-10-26)44(41,42)31-19-17-30(43-3)18-20-31/h4-22H,23H2,1-3H3,(H,37,40)/b36-22+. The number of benzene rings is 4. The van der Waals surface area contributed by atoms with Crippen LogP contribution in [0.5, 0.6) is 5.75 Å². The molecule has 0 atom stereocenters. The Morgan fingerprint density at radius 2 is 1.59 bits per heavy atom. The molecular formula is C34H31BrN4O4S. The average Bonchev–Trinajstić information content (AvgIpc) is 3.32. The van der Waals surface area contributed by atoms with Crippen molar-refractivity contribution < 1.29 is 17.9 Å². The average molecular weight is 672 g/mol.